The van der Waals surface area contributed by atoms with E-state index in [4.69, 9.17) is 0 Å². The van der Waals surface area contributed by atoms with Gasteiger partial charge in [-0.25, -0.2) is 4.39 Å². The van der Waals surface area contributed by atoms with Crippen LogP contribution in [0.4, 0.5) is 4.39 Å². The van der Waals surface area contributed by atoms with E-state index in [1.807, 2.05) is 6.07 Å². The van der Waals surface area contributed by atoms with Gasteiger partial charge in [-0.15, -0.1) is 0 Å². The summed E-state index contributed by atoms with van der Waals surface area (Å²) in [5.74, 6) is 0. The van der Waals surface area contributed by atoms with Gasteiger partial charge < -0.3 is 4.79 Å². The summed E-state index contributed by atoms with van der Waals surface area (Å²) in [6.45, 7) is 0. The molecule has 0 heterocycles. The summed E-state index contributed by atoms with van der Waals surface area (Å²) in [6.07, 6.45) is -0.665. The molecule has 1 atom stereocenters. The standard InChI is InChI=1S/C9H8BrFO/c10-8-3-1-2-7(6-8)9(11)4-5-12/h1-3,5-6,9H,4H2. The second kappa shape index (κ2) is 4.36. The van der Waals surface area contributed by atoms with E-state index in [0.717, 1.165) is 4.47 Å². The van der Waals surface area contributed by atoms with Crippen LogP contribution in [-0.4, -0.2) is 6.29 Å². The van der Waals surface area contributed by atoms with Crippen LogP contribution in [0.15, 0.2) is 28.7 Å². The van der Waals surface area contributed by atoms with Crippen molar-refractivity contribution in [1.29, 1.82) is 0 Å². The SMILES string of the molecule is O=CCC(F)c1cccc(Br)c1. The average molecular weight is 231 g/mol. The van der Waals surface area contributed by atoms with Crippen molar-refractivity contribution in [3.8, 4) is 0 Å². The molecule has 0 aliphatic heterocycles. The Morgan fingerprint density at radius 1 is 1.58 bits per heavy atom. The largest absolute Gasteiger partial charge is 0.303 e. The molecule has 3 heteroatoms. The maximum absolute atomic E-state index is 13.1. The predicted molar refractivity (Wildman–Crippen MR) is 48.7 cm³/mol. The summed E-state index contributed by atoms with van der Waals surface area (Å²) in [4.78, 5) is 10.0. The Morgan fingerprint density at radius 2 is 2.33 bits per heavy atom. The lowest BCUT2D eigenvalue weighted by Gasteiger charge is -2.03. The number of halogens is 2. The van der Waals surface area contributed by atoms with Crippen molar-refractivity contribution >= 4 is 22.2 Å². The summed E-state index contributed by atoms with van der Waals surface area (Å²) in [5, 5.41) is 0. The highest BCUT2D eigenvalue weighted by molar-refractivity contribution is 9.10. The van der Waals surface area contributed by atoms with E-state index in [1.54, 1.807) is 18.2 Å². The van der Waals surface area contributed by atoms with Gasteiger partial charge in [0, 0.05) is 10.9 Å². The fourth-order valence-corrected chi connectivity index (χ4v) is 1.34. The molecular formula is C9H8BrFO. The first-order valence-electron chi connectivity index (χ1n) is 3.57. The maximum atomic E-state index is 13.1. The molecule has 0 amide bonds. The summed E-state index contributed by atoms with van der Waals surface area (Å²) < 4.78 is 13.9. The van der Waals surface area contributed by atoms with Gasteiger partial charge in [0.2, 0.25) is 0 Å². The third-order valence-corrected chi connectivity index (χ3v) is 2.01. The first kappa shape index (κ1) is 9.39. The second-order valence-corrected chi connectivity index (χ2v) is 3.34. The second-order valence-electron chi connectivity index (χ2n) is 2.42. The van der Waals surface area contributed by atoms with Crippen LogP contribution in [0.1, 0.15) is 18.2 Å². The van der Waals surface area contributed by atoms with Gasteiger partial charge in [-0.3, -0.25) is 0 Å². The van der Waals surface area contributed by atoms with Crippen molar-refractivity contribution in [3.63, 3.8) is 0 Å². The van der Waals surface area contributed by atoms with Gasteiger partial charge in [-0.05, 0) is 17.7 Å². The summed E-state index contributed by atoms with van der Waals surface area (Å²) in [5.41, 5.74) is 0.538. The molecule has 0 aliphatic rings. The molecular weight excluding hydrogens is 223 g/mol. The minimum absolute atomic E-state index is 0.0730. The van der Waals surface area contributed by atoms with E-state index in [-0.39, 0.29) is 6.42 Å². The summed E-state index contributed by atoms with van der Waals surface area (Å²) in [6, 6.07) is 6.90. The van der Waals surface area contributed by atoms with Crippen molar-refractivity contribution < 1.29 is 9.18 Å². The smallest absolute Gasteiger partial charge is 0.132 e. The molecule has 0 saturated carbocycles. The first-order valence-corrected chi connectivity index (χ1v) is 4.36. The third-order valence-electron chi connectivity index (χ3n) is 1.51. The Morgan fingerprint density at radius 3 is 2.92 bits per heavy atom. The average Bonchev–Trinajstić information content (AvgIpc) is 2.05. The van der Waals surface area contributed by atoms with Crippen molar-refractivity contribution in [2.75, 3.05) is 0 Å². The number of carbonyl (C=O) groups excluding carboxylic acids is 1. The molecule has 64 valence electrons. The quantitative estimate of drug-likeness (QED) is 0.730. The highest BCUT2D eigenvalue weighted by Gasteiger charge is 2.08. The lowest BCUT2D eigenvalue weighted by atomic mass is 10.1. The monoisotopic (exact) mass is 230 g/mol. The van der Waals surface area contributed by atoms with Crippen LogP contribution < -0.4 is 0 Å². The number of rotatable bonds is 3. The Labute approximate surface area is 78.7 Å². The number of hydrogen-bond donors (Lipinski definition) is 0. The van der Waals surface area contributed by atoms with E-state index >= 15 is 0 Å². The lowest BCUT2D eigenvalue weighted by molar-refractivity contribution is -0.108. The fourth-order valence-electron chi connectivity index (χ4n) is 0.922. The molecule has 1 unspecified atom stereocenters. The number of carbonyl (C=O) groups is 1. The highest BCUT2D eigenvalue weighted by atomic mass is 79.9. The van der Waals surface area contributed by atoms with Crippen molar-refractivity contribution in [3.05, 3.63) is 34.3 Å². The number of alkyl halides is 1. The maximum Gasteiger partial charge on any atom is 0.132 e. The molecule has 0 aromatic heterocycles. The first-order chi connectivity index (χ1) is 5.74. The fraction of sp³-hybridized carbons (Fsp3) is 0.222. The third kappa shape index (κ3) is 2.41. The van der Waals surface area contributed by atoms with Gasteiger partial charge in [0.15, 0.2) is 0 Å². The Bertz CT molecular complexity index is 275. The molecule has 0 saturated heterocycles. The zero-order chi connectivity index (χ0) is 8.97. The summed E-state index contributed by atoms with van der Waals surface area (Å²) >= 11 is 3.23. The highest BCUT2D eigenvalue weighted by Crippen LogP contribution is 2.22. The molecule has 0 fully saturated rings. The number of benzene rings is 1. The van der Waals surface area contributed by atoms with Crippen LogP contribution in [0.5, 0.6) is 0 Å². The van der Waals surface area contributed by atoms with Crippen molar-refractivity contribution in [1.82, 2.24) is 0 Å². The zero-order valence-corrected chi connectivity index (χ0v) is 7.92. The molecule has 1 aromatic rings. The zero-order valence-electron chi connectivity index (χ0n) is 6.34. The van der Waals surface area contributed by atoms with Crippen LogP contribution in [0.3, 0.4) is 0 Å². The van der Waals surface area contributed by atoms with E-state index in [9.17, 15) is 9.18 Å². The Kier molecular flexibility index (Phi) is 3.41. The molecule has 12 heavy (non-hydrogen) atoms. The minimum atomic E-state index is -1.18. The minimum Gasteiger partial charge on any atom is -0.303 e. The van der Waals surface area contributed by atoms with Gasteiger partial charge in [-0.1, -0.05) is 28.1 Å². The lowest BCUT2D eigenvalue weighted by Crippen LogP contribution is -1.91. The van der Waals surface area contributed by atoms with Gasteiger partial charge >= 0.3 is 0 Å². The van der Waals surface area contributed by atoms with Gasteiger partial charge in [0.1, 0.15) is 12.5 Å². The van der Waals surface area contributed by atoms with Gasteiger partial charge in [-0.2, -0.15) is 0 Å². The Hall–Kier alpha value is -0.700. The molecule has 1 nitrogen and oxygen atoms in total. The molecule has 0 radical (unpaired) electrons. The Balaban J connectivity index is 2.80. The van der Waals surface area contributed by atoms with Crippen LogP contribution in [0, 0.1) is 0 Å². The van der Waals surface area contributed by atoms with E-state index in [1.165, 1.54) is 0 Å². The molecule has 0 bridgehead atoms. The van der Waals surface area contributed by atoms with Crippen LogP contribution in [0.25, 0.3) is 0 Å². The summed E-state index contributed by atoms with van der Waals surface area (Å²) in [7, 11) is 0. The van der Waals surface area contributed by atoms with Crippen molar-refractivity contribution in [2.45, 2.75) is 12.6 Å². The van der Waals surface area contributed by atoms with Crippen molar-refractivity contribution in [2.24, 2.45) is 0 Å². The number of aldehydes is 1. The van der Waals surface area contributed by atoms with E-state index in [2.05, 4.69) is 15.9 Å². The molecule has 1 aromatic carbocycles. The normalized spacial score (nSPS) is 12.5. The molecule has 0 aliphatic carbocycles. The molecule has 0 spiro atoms. The van der Waals surface area contributed by atoms with Crippen LogP contribution >= 0.6 is 15.9 Å². The van der Waals surface area contributed by atoms with E-state index < -0.39 is 6.17 Å². The van der Waals surface area contributed by atoms with Gasteiger partial charge in [0.25, 0.3) is 0 Å². The topological polar surface area (TPSA) is 17.1 Å². The van der Waals surface area contributed by atoms with Crippen LogP contribution in [-0.2, 0) is 4.79 Å². The van der Waals surface area contributed by atoms with Crippen LogP contribution in [0.2, 0.25) is 0 Å². The molecule has 0 N–H and O–H groups in total. The predicted octanol–water partition coefficient (Wildman–Crippen LogP) is 3.05. The number of hydrogen-bond acceptors (Lipinski definition) is 1. The van der Waals surface area contributed by atoms with Gasteiger partial charge in [0.05, 0.1) is 0 Å². The van der Waals surface area contributed by atoms with E-state index in [0.29, 0.717) is 11.8 Å². The molecule has 1 rings (SSSR count).